The summed E-state index contributed by atoms with van der Waals surface area (Å²) < 4.78 is 2.42. The molecule has 2 aromatic carbocycles. The summed E-state index contributed by atoms with van der Waals surface area (Å²) in [4.78, 5) is 17.5. The third kappa shape index (κ3) is 3.82. The zero-order valence-corrected chi connectivity index (χ0v) is 16.7. The van der Waals surface area contributed by atoms with Gasteiger partial charge in [-0.05, 0) is 37.5 Å². The van der Waals surface area contributed by atoms with Gasteiger partial charge in [-0.15, -0.1) is 0 Å². The van der Waals surface area contributed by atoms with E-state index < -0.39 is 0 Å². The molecule has 1 aliphatic carbocycles. The van der Waals surface area contributed by atoms with E-state index in [-0.39, 0.29) is 5.91 Å². The van der Waals surface area contributed by atoms with Crippen LogP contribution in [0.1, 0.15) is 68.3 Å². The number of aromatic nitrogens is 2. The molecule has 1 amide bonds. The predicted octanol–water partition coefficient (Wildman–Crippen LogP) is 5.74. The molecule has 1 aromatic heterocycles. The zero-order valence-electron chi connectivity index (χ0n) is 16.7. The van der Waals surface area contributed by atoms with Crippen molar-refractivity contribution in [2.45, 2.75) is 57.9 Å². The molecule has 1 heterocycles. The maximum atomic E-state index is 12.5. The molecule has 1 saturated carbocycles. The van der Waals surface area contributed by atoms with Crippen LogP contribution in [0.15, 0.2) is 48.5 Å². The van der Waals surface area contributed by atoms with Gasteiger partial charge in [-0.3, -0.25) is 4.79 Å². The molecule has 1 fully saturated rings. The molecule has 0 bridgehead atoms. The summed E-state index contributed by atoms with van der Waals surface area (Å²) in [5, 5.41) is 3.01. The molecule has 28 heavy (non-hydrogen) atoms. The van der Waals surface area contributed by atoms with Crippen LogP contribution < -0.4 is 5.32 Å². The number of nitrogens with zero attached hydrogens (tertiary/aromatic N) is 2. The maximum absolute atomic E-state index is 12.5. The number of imidazole rings is 1. The summed E-state index contributed by atoms with van der Waals surface area (Å²) in [5.41, 5.74) is 3.87. The first-order valence-corrected chi connectivity index (χ1v) is 10.6. The van der Waals surface area contributed by atoms with Crippen LogP contribution in [0.4, 0.5) is 0 Å². The first-order chi connectivity index (χ1) is 13.8. The van der Waals surface area contributed by atoms with E-state index in [1.165, 1.54) is 32.1 Å². The van der Waals surface area contributed by atoms with E-state index in [0.717, 1.165) is 41.8 Å². The minimum atomic E-state index is -0.0103. The number of carbonyl (C=O) groups is 1. The van der Waals surface area contributed by atoms with Crippen molar-refractivity contribution in [3.05, 3.63) is 54.1 Å². The lowest BCUT2D eigenvalue weighted by Gasteiger charge is -2.25. The van der Waals surface area contributed by atoms with Crippen LogP contribution in [0, 0.1) is 0 Å². The van der Waals surface area contributed by atoms with E-state index in [4.69, 9.17) is 4.98 Å². The van der Waals surface area contributed by atoms with E-state index in [0.29, 0.717) is 11.6 Å². The molecule has 1 N–H and O–H groups in total. The minimum absolute atomic E-state index is 0.0103. The normalized spacial score (nSPS) is 15.0. The van der Waals surface area contributed by atoms with Gasteiger partial charge >= 0.3 is 0 Å². The third-order valence-corrected chi connectivity index (χ3v) is 5.74. The monoisotopic (exact) mass is 375 g/mol. The van der Waals surface area contributed by atoms with Crippen molar-refractivity contribution in [3.8, 4) is 11.4 Å². The van der Waals surface area contributed by atoms with E-state index in [9.17, 15) is 4.79 Å². The van der Waals surface area contributed by atoms with Gasteiger partial charge in [0.05, 0.1) is 11.0 Å². The van der Waals surface area contributed by atoms with E-state index in [2.05, 4.69) is 47.1 Å². The molecule has 0 atom stereocenters. The Morgan fingerprint density at radius 2 is 1.89 bits per heavy atom. The highest BCUT2D eigenvalue weighted by molar-refractivity contribution is 5.97. The van der Waals surface area contributed by atoms with Crippen molar-refractivity contribution in [2.24, 2.45) is 0 Å². The third-order valence-electron chi connectivity index (χ3n) is 5.74. The highest BCUT2D eigenvalue weighted by atomic mass is 16.1. The van der Waals surface area contributed by atoms with Crippen LogP contribution in [0.3, 0.4) is 0 Å². The van der Waals surface area contributed by atoms with E-state index in [1.807, 2.05) is 18.2 Å². The summed E-state index contributed by atoms with van der Waals surface area (Å²) in [6.45, 7) is 2.85. The van der Waals surface area contributed by atoms with Crippen molar-refractivity contribution in [1.29, 1.82) is 0 Å². The first-order valence-electron chi connectivity index (χ1n) is 10.6. The van der Waals surface area contributed by atoms with E-state index in [1.54, 1.807) is 0 Å². The molecular formula is C24H29N3O. The Morgan fingerprint density at radius 1 is 1.11 bits per heavy atom. The maximum Gasteiger partial charge on any atom is 0.251 e. The Kier molecular flexibility index (Phi) is 5.75. The number of amides is 1. The number of unbranched alkanes of at least 4 members (excludes halogenated alkanes) is 1. The quantitative estimate of drug-likeness (QED) is 0.559. The van der Waals surface area contributed by atoms with Crippen molar-refractivity contribution >= 4 is 16.9 Å². The van der Waals surface area contributed by atoms with Crippen LogP contribution in [-0.4, -0.2) is 22.0 Å². The number of fused-ring (bicyclic) bond motifs is 1. The first kappa shape index (κ1) is 18.7. The molecule has 0 aliphatic heterocycles. The number of nitrogens with one attached hydrogen (secondary N) is 1. The van der Waals surface area contributed by atoms with Gasteiger partial charge in [0, 0.05) is 23.7 Å². The summed E-state index contributed by atoms with van der Waals surface area (Å²) in [7, 11) is 0. The topological polar surface area (TPSA) is 46.9 Å². The average Bonchev–Trinajstić information content (AvgIpc) is 3.14. The number of carbonyl (C=O) groups excluding carboxylic acids is 1. The van der Waals surface area contributed by atoms with Gasteiger partial charge in [-0.25, -0.2) is 4.98 Å². The second-order valence-electron chi connectivity index (χ2n) is 7.78. The average molecular weight is 376 g/mol. The lowest BCUT2D eigenvalue weighted by atomic mass is 9.95. The number of hydrogen-bond acceptors (Lipinski definition) is 2. The van der Waals surface area contributed by atoms with Gasteiger partial charge in [-0.1, -0.05) is 62.9 Å². The number of hydrogen-bond donors (Lipinski definition) is 1. The van der Waals surface area contributed by atoms with Crippen LogP contribution in [0.25, 0.3) is 22.4 Å². The fourth-order valence-electron chi connectivity index (χ4n) is 4.22. The van der Waals surface area contributed by atoms with Crippen molar-refractivity contribution in [1.82, 2.24) is 14.9 Å². The second kappa shape index (κ2) is 8.59. The lowest BCUT2D eigenvalue weighted by molar-refractivity contribution is 0.0953. The predicted molar refractivity (Wildman–Crippen MR) is 115 cm³/mol. The Hall–Kier alpha value is -2.62. The molecule has 0 radical (unpaired) electrons. The van der Waals surface area contributed by atoms with Gasteiger partial charge < -0.3 is 9.88 Å². The number of benzene rings is 2. The molecule has 1 aliphatic rings. The molecule has 4 heteroatoms. The highest BCUT2D eigenvalue weighted by Crippen LogP contribution is 2.36. The zero-order chi connectivity index (χ0) is 19.3. The summed E-state index contributed by atoms with van der Waals surface area (Å²) >= 11 is 0. The fourth-order valence-corrected chi connectivity index (χ4v) is 4.22. The van der Waals surface area contributed by atoms with Gasteiger partial charge in [0.25, 0.3) is 5.91 Å². The molecule has 3 aromatic rings. The molecule has 4 nitrogen and oxygen atoms in total. The molecule has 0 unspecified atom stereocenters. The highest BCUT2D eigenvalue weighted by Gasteiger charge is 2.22. The van der Waals surface area contributed by atoms with Crippen molar-refractivity contribution in [2.75, 3.05) is 6.54 Å². The Balaban J connectivity index is 1.75. The van der Waals surface area contributed by atoms with Gasteiger partial charge in [-0.2, -0.15) is 0 Å². The Bertz CT molecular complexity index is 939. The van der Waals surface area contributed by atoms with Gasteiger partial charge in [0.1, 0.15) is 5.82 Å². The van der Waals surface area contributed by atoms with Crippen LogP contribution in [0.2, 0.25) is 0 Å². The molecular weight excluding hydrogens is 346 g/mol. The largest absolute Gasteiger partial charge is 0.352 e. The number of rotatable bonds is 6. The van der Waals surface area contributed by atoms with Crippen LogP contribution >= 0.6 is 0 Å². The standard InChI is InChI=1S/C24H29N3O/c1-2-3-16-25-24(28)19-14-15-22-21(17-19)26-23(18-10-6-4-7-11-18)27(22)20-12-8-5-9-13-20/h4,6-7,10-11,14-15,17,20H,2-3,5,8-9,12-13,16H2,1H3,(H,25,28). The molecule has 146 valence electrons. The van der Waals surface area contributed by atoms with Gasteiger partial charge in [0.15, 0.2) is 0 Å². The van der Waals surface area contributed by atoms with Crippen molar-refractivity contribution < 1.29 is 4.79 Å². The summed E-state index contributed by atoms with van der Waals surface area (Å²) in [5.74, 6) is 1.01. The van der Waals surface area contributed by atoms with Crippen molar-refractivity contribution in [3.63, 3.8) is 0 Å². The molecule has 0 spiro atoms. The van der Waals surface area contributed by atoms with Crippen LogP contribution in [-0.2, 0) is 0 Å². The minimum Gasteiger partial charge on any atom is -0.352 e. The van der Waals surface area contributed by atoms with Crippen LogP contribution in [0.5, 0.6) is 0 Å². The molecule has 0 saturated heterocycles. The fraction of sp³-hybridized carbons (Fsp3) is 0.417. The SMILES string of the molecule is CCCCNC(=O)c1ccc2c(c1)nc(-c1ccccc1)n2C1CCCCC1. The summed E-state index contributed by atoms with van der Waals surface area (Å²) in [6.07, 6.45) is 8.35. The van der Waals surface area contributed by atoms with Gasteiger partial charge in [0.2, 0.25) is 0 Å². The molecule has 4 rings (SSSR count). The Morgan fingerprint density at radius 3 is 2.64 bits per heavy atom. The summed E-state index contributed by atoms with van der Waals surface area (Å²) in [6, 6.07) is 16.9. The second-order valence-corrected chi connectivity index (χ2v) is 7.78. The Labute approximate surface area is 167 Å². The lowest BCUT2D eigenvalue weighted by Crippen LogP contribution is -2.24. The van der Waals surface area contributed by atoms with E-state index >= 15 is 0 Å². The smallest absolute Gasteiger partial charge is 0.251 e.